The van der Waals surface area contributed by atoms with E-state index < -0.39 is 0 Å². The number of aryl methyl sites for hydroxylation is 1. The molecule has 0 spiro atoms. The van der Waals surface area contributed by atoms with Crippen molar-refractivity contribution < 1.29 is 4.79 Å². The summed E-state index contributed by atoms with van der Waals surface area (Å²) in [6, 6.07) is 6.02. The zero-order chi connectivity index (χ0) is 18.4. The monoisotopic (exact) mass is 405 g/mol. The van der Waals surface area contributed by atoms with Gasteiger partial charge in [-0.2, -0.15) is 0 Å². The highest BCUT2D eigenvalue weighted by atomic mass is 79.9. The molecule has 25 heavy (non-hydrogen) atoms. The van der Waals surface area contributed by atoms with Gasteiger partial charge >= 0.3 is 0 Å². The molecule has 1 aliphatic rings. The summed E-state index contributed by atoms with van der Waals surface area (Å²) >= 11 is 3.72. The van der Waals surface area contributed by atoms with Gasteiger partial charge in [0.2, 0.25) is 0 Å². The van der Waals surface area contributed by atoms with Gasteiger partial charge in [0.15, 0.2) is 0 Å². The van der Waals surface area contributed by atoms with E-state index in [9.17, 15) is 4.79 Å². The Balaban J connectivity index is 2.30. The quantitative estimate of drug-likeness (QED) is 0.515. The fourth-order valence-corrected chi connectivity index (χ4v) is 3.55. The first-order valence-electron chi connectivity index (χ1n) is 8.87. The van der Waals surface area contributed by atoms with Crippen molar-refractivity contribution >= 4 is 27.9 Å². The minimum absolute atomic E-state index is 0.299. The molecule has 1 aliphatic heterocycles. The summed E-state index contributed by atoms with van der Waals surface area (Å²) in [5.41, 5.74) is 4.05. The molecule has 1 aromatic rings. The van der Waals surface area contributed by atoms with Gasteiger partial charge in [-0.1, -0.05) is 41.9 Å². The van der Waals surface area contributed by atoms with Gasteiger partial charge in [0, 0.05) is 29.5 Å². The SMILES string of the molecule is CCNCCC(Br)=CN1C(c2ccc(C=O)c(C)c2)=CN(C)C1CC. The summed E-state index contributed by atoms with van der Waals surface area (Å²) in [6.07, 6.45) is 7.58. The highest BCUT2D eigenvalue weighted by Crippen LogP contribution is 2.33. The van der Waals surface area contributed by atoms with Gasteiger partial charge in [-0.15, -0.1) is 0 Å². The molecule has 0 bridgehead atoms. The Hall–Kier alpha value is -1.59. The molecule has 0 amide bonds. The van der Waals surface area contributed by atoms with Crippen molar-refractivity contribution in [3.05, 3.63) is 51.8 Å². The third kappa shape index (κ3) is 4.73. The van der Waals surface area contributed by atoms with Gasteiger partial charge in [0.05, 0.1) is 5.70 Å². The molecule has 1 heterocycles. The van der Waals surface area contributed by atoms with Crippen LogP contribution in [-0.4, -0.2) is 42.4 Å². The number of hydrogen-bond acceptors (Lipinski definition) is 4. The first-order chi connectivity index (χ1) is 12.0. The molecule has 0 aliphatic carbocycles. The van der Waals surface area contributed by atoms with Crippen molar-refractivity contribution in [1.29, 1.82) is 0 Å². The standard InChI is InChI=1S/C20H28BrN3O/c1-5-20-23(4)13-19(16-7-8-17(14-25)15(3)11-16)24(20)12-18(21)9-10-22-6-2/h7-8,11-14,20,22H,5-6,9-10H2,1-4H3. The van der Waals surface area contributed by atoms with E-state index in [0.717, 1.165) is 54.6 Å². The van der Waals surface area contributed by atoms with Crippen molar-refractivity contribution in [1.82, 2.24) is 15.1 Å². The lowest BCUT2D eigenvalue weighted by atomic mass is 10.0. The minimum Gasteiger partial charge on any atom is -0.358 e. The maximum Gasteiger partial charge on any atom is 0.150 e. The minimum atomic E-state index is 0.299. The van der Waals surface area contributed by atoms with Crippen LogP contribution in [0.25, 0.3) is 5.70 Å². The predicted molar refractivity (Wildman–Crippen MR) is 108 cm³/mol. The summed E-state index contributed by atoms with van der Waals surface area (Å²) in [6.45, 7) is 8.24. The van der Waals surface area contributed by atoms with Crippen LogP contribution in [0.4, 0.5) is 0 Å². The Morgan fingerprint density at radius 3 is 2.72 bits per heavy atom. The molecule has 0 radical (unpaired) electrons. The zero-order valence-corrected chi connectivity index (χ0v) is 17.1. The summed E-state index contributed by atoms with van der Waals surface area (Å²) < 4.78 is 1.18. The molecule has 4 nitrogen and oxygen atoms in total. The molecular weight excluding hydrogens is 378 g/mol. The van der Waals surface area contributed by atoms with E-state index in [0.29, 0.717) is 6.17 Å². The maximum absolute atomic E-state index is 11.1. The number of carbonyl (C=O) groups excluding carboxylic acids is 1. The number of nitrogens with one attached hydrogen (secondary N) is 1. The lowest BCUT2D eigenvalue weighted by molar-refractivity contribution is 0.112. The van der Waals surface area contributed by atoms with Gasteiger partial charge in [0.1, 0.15) is 12.5 Å². The molecule has 0 saturated carbocycles. The molecule has 0 saturated heterocycles. The van der Waals surface area contributed by atoms with Gasteiger partial charge in [-0.3, -0.25) is 4.79 Å². The second-order valence-electron chi connectivity index (χ2n) is 6.34. The third-order valence-electron chi connectivity index (χ3n) is 4.52. The van der Waals surface area contributed by atoms with E-state index in [1.54, 1.807) is 0 Å². The predicted octanol–water partition coefficient (Wildman–Crippen LogP) is 4.33. The highest BCUT2D eigenvalue weighted by Gasteiger charge is 2.28. The van der Waals surface area contributed by atoms with Gasteiger partial charge in [-0.05, 0) is 50.0 Å². The van der Waals surface area contributed by atoms with Gasteiger partial charge < -0.3 is 15.1 Å². The van der Waals surface area contributed by atoms with Crippen LogP contribution >= 0.6 is 15.9 Å². The second-order valence-corrected chi connectivity index (χ2v) is 7.36. The highest BCUT2D eigenvalue weighted by molar-refractivity contribution is 9.11. The number of carbonyl (C=O) groups is 1. The van der Waals surface area contributed by atoms with Crippen molar-refractivity contribution in [2.24, 2.45) is 0 Å². The number of hydrogen-bond donors (Lipinski definition) is 1. The van der Waals surface area contributed by atoms with Crippen LogP contribution in [0.15, 0.2) is 35.1 Å². The van der Waals surface area contributed by atoms with Crippen LogP contribution in [0.1, 0.15) is 48.2 Å². The van der Waals surface area contributed by atoms with E-state index in [4.69, 9.17) is 0 Å². The lowest BCUT2D eigenvalue weighted by Gasteiger charge is -2.29. The zero-order valence-electron chi connectivity index (χ0n) is 15.6. The summed E-state index contributed by atoms with van der Waals surface area (Å²) in [5, 5.41) is 3.35. The van der Waals surface area contributed by atoms with Crippen molar-refractivity contribution in [3.63, 3.8) is 0 Å². The Labute approximate surface area is 159 Å². The Morgan fingerprint density at radius 2 is 2.12 bits per heavy atom. The van der Waals surface area contributed by atoms with E-state index in [1.165, 1.54) is 4.48 Å². The molecule has 2 rings (SSSR count). The number of aldehydes is 1. The fraction of sp³-hybridized carbons (Fsp3) is 0.450. The van der Waals surface area contributed by atoms with Gasteiger partial charge in [0.25, 0.3) is 0 Å². The normalized spacial score (nSPS) is 17.9. The molecule has 1 N–H and O–H groups in total. The van der Waals surface area contributed by atoms with Crippen molar-refractivity contribution in [2.75, 3.05) is 20.1 Å². The van der Waals surface area contributed by atoms with E-state index in [1.807, 2.05) is 19.1 Å². The van der Waals surface area contributed by atoms with Crippen LogP contribution in [0.3, 0.4) is 0 Å². The molecule has 5 heteroatoms. The topological polar surface area (TPSA) is 35.6 Å². The van der Waals surface area contributed by atoms with Crippen LogP contribution in [0.5, 0.6) is 0 Å². The molecule has 1 unspecified atom stereocenters. The van der Waals surface area contributed by atoms with Gasteiger partial charge in [-0.25, -0.2) is 0 Å². The van der Waals surface area contributed by atoms with Crippen molar-refractivity contribution in [2.45, 2.75) is 39.8 Å². The average Bonchev–Trinajstić information content (AvgIpc) is 2.90. The summed E-state index contributed by atoms with van der Waals surface area (Å²) in [7, 11) is 2.11. The van der Waals surface area contributed by atoms with E-state index >= 15 is 0 Å². The summed E-state index contributed by atoms with van der Waals surface area (Å²) in [5.74, 6) is 0. The first-order valence-corrected chi connectivity index (χ1v) is 9.66. The average molecular weight is 406 g/mol. The van der Waals surface area contributed by atoms with Crippen LogP contribution in [0, 0.1) is 6.92 Å². The van der Waals surface area contributed by atoms with Crippen LogP contribution < -0.4 is 5.32 Å². The maximum atomic E-state index is 11.1. The third-order valence-corrected chi connectivity index (χ3v) is 5.12. The molecule has 1 atom stereocenters. The smallest absolute Gasteiger partial charge is 0.150 e. The van der Waals surface area contributed by atoms with Crippen molar-refractivity contribution in [3.8, 4) is 0 Å². The number of benzene rings is 1. The number of halogens is 1. The largest absolute Gasteiger partial charge is 0.358 e. The van der Waals surface area contributed by atoms with E-state index in [-0.39, 0.29) is 0 Å². The number of nitrogens with zero attached hydrogens (tertiary/aromatic N) is 2. The molecular formula is C20H28BrN3O. The molecule has 1 aromatic carbocycles. The Morgan fingerprint density at radius 1 is 1.36 bits per heavy atom. The Bertz CT molecular complexity index is 669. The molecule has 0 aromatic heterocycles. The van der Waals surface area contributed by atoms with E-state index in [2.05, 4.69) is 70.4 Å². The Kier molecular flexibility index (Phi) is 7.26. The fourth-order valence-electron chi connectivity index (χ4n) is 3.13. The molecule has 136 valence electrons. The number of rotatable bonds is 8. The van der Waals surface area contributed by atoms with Crippen LogP contribution in [0.2, 0.25) is 0 Å². The second kappa shape index (κ2) is 9.20. The molecule has 0 fully saturated rings. The first kappa shape index (κ1) is 19.7. The summed E-state index contributed by atoms with van der Waals surface area (Å²) in [4.78, 5) is 15.7. The lowest BCUT2D eigenvalue weighted by Crippen LogP contribution is -2.34. The van der Waals surface area contributed by atoms with Crippen LogP contribution in [-0.2, 0) is 0 Å².